The number of methoxy groups -OCH3 is 2. The zero-order chi connectivity index (χ0) is 24.1. The van der Waals surface area contributed by atoms with E-state index in [0.717, 1.165) is 40.4 Å². The molecule has 0 bridgehead atoms. The summed E-state index contributed by atoms with van der Waals surface area (Å²) < 4.78 is 38.8. The lowest BCUT2D eigenvalue weighted by atomic mass is 9.87. The number of carbonyl (C=O) groups excluding carboxylic acids is 1. The van der Waals surface area contributed by atoms with Crippen molar-refractivity contribution in [3.8, 4) is 11.5 Å². The van der Waals surface area contributed by atoms with E-state index in [2.05, 4.69) is 5.32 Å². The maximum atomic E-state index is 13.5. The molecule has 4 rings (SSSR count). The summed E-state index contributed by atoms with van der Waals surface area (Å²) in [5, 5.41) is 3.05. The van der Waals surface area contributed by atoms with Crippen molar-refractivity contribution in [2.24, 2.45) is 0 Å². The molecule has 7 nitrogen and oxygen atoms in total. The number of rotatable bonds is 8. The third-order valence-electron chi connectivity index (χ3n) is 5.96. The van der Waals surface area contributed by atoms with E-state index in [1.165, 1.54) is 19.2 Å². The highest BCUT2D eigenvalue weighted by Crippen LogP contribution is 2.32. The van der Waals surface area contributed by atoms with Crippen molar-refractivity contribution in [2.45, 2.75) is 30.2 Å². The molecule has 0 radical (unpaired) electrons. The number of amides is 1. The summed E-state index contributed by atoms with van der Waals surface area (Å²) in [5.74, 6) is 0.904. The van der Waals surface area contributed by atoms with Gasteiger partial charge in [0.25, 0.3) is 10.0 Å². The van der Waals surface area contributed by atoms with Gasteiger partial charge in [-0.15, -0.1) is 0 Å². The average Bonchev–Trinajstić information content (AvgIpc) is 2.87. The molecule has 1 unspecified atom stereocenters. The monoisotopic (exact) mass is 480 g/mol. The quantitative estimate of drug-likeness (QED) is 0.525. The third kappa shape index (κ3) is 5.02. The first-order valence-electron chi connectivity index (χ1n) is 11.1. The van der Waals surface area contributed by atoms with Gasteiger partial charge in [0.2, 0.25) is 5.91 Å². The van der Waals surface area contributed by atoms with E-state index in [1.807, 2.05) is 18.2 Å². The lowest BCUT2D eigenvalue weighted by Gasteiger charge is -2.29. The number of aryl methyl sites for hydroxylation is 1. The highest BCUT2D eigenvalue weighted by Gasteiger charge is 2.29. The fourth-order valence-electron chi connectivity index (χ4n) is 4.24. The first kappa shape index (κ1) is 23.6. The van der Waals surface area contributed by atoms with E-state index in [4.69, 9.17) is 9.47 Å². The second kappa shape index (κ2) is 10.2. The Balaban J connectivity index is 1.62. The molecule has 0 spiro atoms. The van der Waals surface area contributed by atoms with Gasteiger partial charge in [0, 0.05) is 6.07 Å². The standard InChI is InChI=1S/C26H28N2O5S/c1-32-21-10-7-9-20(17-21)28(34(30,31)23-11-4-3-5-12-23)18-26(29)27-25-13-6-8-19-16-22(33-2)14-15-24(19)25/h3-5,7,9-12,14-17,25H,6,8,13,18H2,1-2H3,(H,27,29). The molecule has 1 amide bonds. The second-order valence-corrected chi connectivity index (χ2v) is 9.97. The summed E-state index contributed by atoms with van der Waals surface area (Å²) in [4.78, 5) is 13.3. The van der Waals surface area contributed by atoms with Gasteiger partial charge in [0.15, 0.2) is 0 Å². The number of ether oxygens (including phenoxy) is 2. The van der Waals surface area contributed by atoms with Crippen LogP contribution in [0.15, 0.2) is 77.7 Å². The number of anilines is 1. The van der Waals surface area contributed by atoms with Gasteiger partial charge in [0.1, 0.15) is 18.0 Å². The fraction of sp³-hybridized carbons (Fsp3) is 0.269. The van der Waals surface area contributed by atoms with E-state index in [9.17, 15) is 13.2 Å². The molecular formula is C26H28N2O5S. The lowest BCUT2D eigenvalue weighted by molar-refractivity contribution is -0.120. The van der Waals surface area contributed by atoms with E-state index >= 15 is 0 Å². The molecule has 3 aromatic carbocycles. The van der Waals surface area contributed by atoms with Gasteiger partial charge < -0.3 is 14.8 Å². The van der Waals surface area contributed by atoms with E-state index in [-0.39, 0.29) is 23.4 Å². The largest absolute Gasteiger partial charge is 0.497 e. The van der Waals surface area contributed by atoms with Crippen LogP contribution in [0.2, 0.25) is 0 Å². The van der Waals surface area contributed by atoms with Gasteiger partial charge in [-0.3, -0.25) is 9.10 Å². The minimum atomic E-state index is -3.98. The fourth-order valence-corrected chi connectivity index (χ4v) is 5.67. The predicted octanol–water partition coefficient (Wildman–Crippen LogP) is 4.09. The summed E-state index contributed by atoms with van der Waals surface area (Å²) in [6, 6.07) is 20.4. The number of sulfonamides is 1. The highest BCUT2D eigenvalue weighted by atomic mass is 32.2. The molecule has 8 heteroatoms. The average molecular weight is 481 g/mol. The van der Waals surface area contributed by atoms with Crippen LogP contribution in [-0.2, 0) is 21.2 Å². The number of fused-ring (bicyclic) bond motifs is 1. The number of carbonyl (C=O) groups is 1. The highest BCUT2D eigenvalue weighted by molar-refractivity contribution is 7.92. The Bertz CT molecular complexity index is 1260. The van der Waals surface area contributed by atoms with Crippen LogP contribution in [0.25, 0.3) is 0 Å². The van der Waals surface area contributed by atoms with Crippen molar-refractivity contribution < 1.29 is 22.7 Å². The summed E-state index contributed by atoms with van der Waals surface area (Å²) in [6.45, 7) is -0.355. The van der Waals surface area contributed by atoms with Gasteiger partial charge in [-0.25, -0.2) is 8.42 Å². The number of hydrogen-bond donors (Lipinski definition) is 1. The van der Waals surface area contributed by atoms with Gasteiger partial charge in [-0.05, 0) is 66.8 Å². The van der Waals surface area contributed by atoms with Crippen LogP contribution in [-0.4, -0.2) is 35.1 Å². The maximum Gasteiger partial charge on any atom is 0.264 e. The Hall–Kier alpha value is -3.52. The molecular weight excluding hydrogens is 452 g/mol. The van der Waals surface area contributed by atoms with Crippen molar-refractivity contribution in [3.05, 3.63) is 83.9 Å². The summed E-state index contributed by atoms with van der Waals surface area (Å²) in [5.41, 5.74) is 2.53. The molecule has 0 heterocycles. The molecule has 0 fully saturated rings. The Morgan fingerprint density at radius 3 is 2.44 bits per heavy atom. The topological polar surface area (TPSA) is 84.9 Å². The number of nitrogens with one attached hydrogen (secondary N) is 1. The first-order chi connectivity index (χ1) is 16.4. The van der Waals surface area contributed by atoms with Crippen LogP contribution >= 0.6 is 0 Å². The zero-order valence-electron chi connectivity index (χ0n) is 19.2. The number of hydrogen-bond acceptors (Lipinski definition) is 5. The normalized spacial score (nSPS) is 15.2. The number of nitrogens with zero attached hydrogens (tertiary/aromatic N) is 1. The lowest BCUT2D eigenvalue weighted by Crippen LogP contribution is -2.42. The number of benzene rings is 3. The van der Waals surface area contributed by atoms with Gasteiger partial charge in [0.05, 0.1) is 30.8 Å². The SMILES string of the molecule is COc1cccc(N(CC(=O)NC2CCCc3cc(OC)ccc32)S(=O)(=O)c2ccccc2)c1. The van der Waals surface area contributed by atoms with Crippen molar-refractivity contribution in [1.82, 2.24) is 5.32 Å². The van der Waals surface area contributed by atoms with Gasteiger partial charge >= 0.3 is 0 Å². The summed E-state index contributed by atoms with van der Waals surface area (Å²) in [7, 11) is -0.844. The van der Waals surface area contributed by atoms with E-state index in [1.54, 1.807) is 49.6 Å². The molecule has 1 N–H and O–H groups in total. The van der Waals surface area contributed by atoms with Crippen LogP contribution in [0.4, 0.5) is 5.69 Å². The van der Waals surface area contributed by atoms with Crippen LogP contribution in [0.1, 0.15) is 30.0 Å². The van der Waals surface area contributed by atoms with Crippen LogP contribution in [0.3, 0.4) is 0 Å². The second-order valence-electron chi connectivity index (χ2n) is 8.10. The summed E-state index contributed by atoms with van der Waals surface area (Å²) in [6.07, 6.45) is 2.62. The first-order valence-corrected chi connectivity index (χ1v) is 12.5. The summed E-state index contributed by atoms with van der Waals surface area (Å²) >= 11 is 0. The van der Waals surface area contributed by atoms with Crippen molar-refractivity contribution in [1.29, 1.82) is 0 Å². The van der Waals surface area contributed by atoms with Gasteiger partial charge in [-0.1, -0.05) is 30.3 Å². The molecule has 178 valence electrons. The minimum Gasteiger partial charge on any atom is -0.497 e. The van der Waals surface area contributed by atoms with Crippen LogP contribution in [0.5, 0.6) is 11.5 Å². The molecule has 3 aromatic rings. The molecule has 1 aliphatic rings. The van der Waals surface area contributed by atoms with Crippen LogP contribution in [0, 0.1) is 0 Å². The minimum absolute atomic E-state index is 0.112. The molecule has 34 heavy (non-hydrogen) atoms. The Morgan fingerprint density at radius 1 is 0.971 bits per heavy atom. The smallest absolute Gasteiger partial charge is 0.264 e. The Kier molecular flexibility index (Phi) is 7.07. The predicted molar refractivity (Wildman–Crippen MR) is 131 cm³/mol. The maximum absolute atomic E-state index is 13.5. The Labute approximate surface area is 200 Å². The molecule has 1 atom stereocenters. The molecule has 0 aromatic heterocycles. The molecule has 0 saturated heterocycles. The van der Waals surface area contributed by atoms with E-state index < -0.39 is 10.0 Å². The van der Waals surface area contributed by atoms with Crippen molar-refractivity contribution >= 4 is 21.6 Å². The third-order valence-corrected chi connectivity index (χ3v) is 7.75. The zero-order valence-corrected chi connectivity index (χ0v) is 20.0. The molecule has 1 aliphatic carbocycles. The van der Waals surface area contributed by atoms with Crippen molar-refractivity contribution in [2.75, 3.05) is 25.1 Å². The van der Waals surface area contributed by atoms with Crippen molar-refractivity contribution in [3.63, 3.8) is 0 Å². The van der Waals surface area contributed by atoms with Gasteiger partial charge in [-0.2, -0.15) is 0 Å². The van der Waals surface area contributed by atoms with E-state index in [0.29, 0.717) is 11.4 Å². The van der Waals surface area contributed by atoms with Crippen LogP contribution < -0.4 is 19.1 Å². The Morgan fingerprint density at radius 2 is 1.71 bits per heavy atom. The molecule has 0 aliphatic heterocycles. The molecule has 0 saturated carbocycles.